The van der Waals surface area contributed by atoms with Crippen molar-refractivity contribution in [1.29, 1.82) is 0 Å². The van der Waals surface area contributed by atoms with E-state index in [0.717, 1.165) is 26.2 Å². The van der Waals surface area contributed by atoms with E-state index in [2.05, 4.69) is 25.7 Å². The Morgan fingerprint density at radius 2 is 2.08 bits per heavy atom. The lowest BCUT2D eigenvalue weighted by atomic mass is 9.90. The lowest BCUT2D eigenvalue weighted by molar-refractivity contribution is 0.239. The normalized spacial score (nSPS) is 31.2. The summed E-state index contributed by atoms with van der Waals surface area (Å²) in [7, 11) is 0. The van der Waals surface area contributed by atoms with E-state index in [1.54, 1.807) is 0 Å². The van der Waals surface area contributed by atoms with Gasteiger partial charge in [0, 0.05) is 18.6 Å². The monoisotopic (exact) mass is 185 g/mol. The fourth-order valence-electron chi connectivity index (χ4n) is 2.00. The second kappa shape index (κ2) is 3.56. The fourth-order valence-corrected chi connectivity index (χ4v) is 2.00. The lowest BCUT2D eigenvalue weighted by Crippen LogP contribution is -2.45. The summed E-state index contributed by atoms with van der Waals surface area (Å²) < 4.78 is 0. The van der Waals surface area contributed by atoms with E-state index in [-0.39, 0.29) is 5.54 Å². The van der Waals surface area contributed by atoms with Gasteiger partial charge in [-0.05, 0) is 38.8 Å². The third-order valence-electron chi connectivity index (χ3n) is 2.76. The van der Waals surface area contributed by atoms with Gasteiger partial charge in [0.25, 0.3) is 0 Å². The van der Waals surface area contributed by atoms with Crippen LogP contribution in [0.25, 0.3) is 0 Å². The Kier molecular flexibility index (Phi) is 3.00. The molecule has 13 heavy (non-hydrogen) atoms. The molecular formula is C10H23N3. The highest BCUT2D eigenvalue weighted by atomic mass is 15.2. The molecule has 0 aromatic heterocycles. The van der Waals surface area contributed by atoms with E-state index in [1.165, 1.54) is 6.42 Å². The summed E-state index contributed by atoms with van der Waals surface area (Å²) in [6.07, 6.45) is 1.21. The van der Waals surface area contributed by atoms with Gasteiger partial charge in [-0.2, -0.15) is 0 Å². The second-order valence-electron chi connectivity index (χ2n) is 5.46. The predicted octanol–water partition coefficient (Wildman–Crippen LogP) is 0.394. The van der Waals surface area contributed by atoms with Crippen molar-refractivity contribution < 1.29 is 0 Å². The van der Waals surface area contributed by atoms with E-state index in [0.29, 0.717) is 5.41 Å². The van der Waals surface area contributed by atoms with Crippen LogP contribution in [0.5, 0.6) is 0 Å². The van der Waals surface area contributed by atoms with Crippen LogP contribution in [0.1, 0.15) is 27.2 Å². The van der Waals surface area contributed by atoms with Crippen molar-refractivity contribution >= 4 is 0 Å². The van der Waals surface area contributed by atoms with Gasteiger partial charge in [0.05, 0.1) is 0 Å². The first kappa shape index (κ1) is 11.0. The summed E-state index contributed by atoms with van der Waals surface area (Å²) in [6, 6.07) is 0. The third kappa shape index (κ3) is 3.25. The summed E-state index contributed by atoms with van der Waals surface area (Å²) in [4.78, 5) is 2.42. The minimum absolute atomic E-state index is 0.0835. The Hall–Kier alpha value is -0.120. The van der Waals surface area contributed by atoms with Gasteiger partial charge in [-0.1, -0.05) is 6.92 Å². The molecule has 78 valence electrons. The molecule has 1 saturated heterocycles. The van der Waals surface area contributed by atoms with E-state index >= 15 is 0 Å². The van der Waals surface area contributed by atoms with Crippen molar-refractivity contribution in [3.63, 3.8) is 0 Å². The number of likely N-dealkylation sites (tertiary alicyclic amines) is 1. The molecule has 0 aliphatic carbocycles. The van der Waals surface area contributed by atoms with Crippen LogP contribution in [0.3, 0.4) is 0 Å². The highest BCUT2D eigenvalue weighted by Crippen LogP contribution is 2.28. The fraction of sp³-hybridized carbons (Fsp3) is 1.00. The van der Waals surface area contributed by atoms with Gasteiger partial charge >= 0.3 is 0 Å². The standard InChI is InChI=1S/C10H23N3/c1-9(2,12)7-13-5-4-10(3,6-11)8-13/h4-8,11-12H2,1-3H3. The van der Waals surface area contributed by atoms with Gasteiger partial charge < -0.3 is 16.4 Å². The first-order valence-corrected chi connectivity index (χ1v) is 5.06. The first-order chi connectivity index (χ1) is 5.85. The van der Waals surface area contributed by atoms with E-state index in [4.69, 9.17) is 11.5 Å². The molecule has 1 unspecified atom stereocenters. The first-order valence-electron chi connectivity index (χ1n) is 5.06. The van der Waals surface area contributed by atoms with Gasteiger partial charge in [0.2, 0.25) is 0 Å². The number of nitrogens with two attached hydrogens (primary N) is 2. The maximum atomic E-state index is 5.97. The maximum absolute atomic E-state index is 5.97. The molecule has 1 heterocycles. The molecule has 1 atom stereocenters. The molecule has 1 aliphatic rings. The van der Waals surface area contributed by atoms with Crippen molar-refractivity contribution in [2.45, 2.75) is 32.7 Å². The van der Waals surface area contributed by atoms with Crippen molar-refractivity contribution in [1.82, 2.24) is 4.90 Å². The molecule has 3 heteroatoms. The minimum atomic E-state index is -0.0835. The molecule has 4 N–H and O–H groups in total. The zero-order chi connectivity index (χ0) is 10.1. The molecule has 0 spiro atoms. The smallest absolute Gasteiger partial charge is 0.0226 e. The number of hydrogen-bond acceptors (Lipinski definition) is 3. The van der Waals surface area contributed by atoms with Crippen LogP contribution in [0.2, 0.25) is 0 Å². The lowest BCUT2D eigenvalue weighted by Gasteiger charge is -2.28. The highest BCUT2D eigenvalue weighted by Gasteiger charge is 2.33. The van der Waals surface area contributed by atoms with Crippen LogP contribution in [-0.4, -0.2) is 36.6 Å². The van der Waals surface area contributed by atoms with Crippen molar-refractivity contribution in [2.24, 2.45) is 16.9 Å². The Morgan fingerprint density at radius 3 is 2.46 bits per heavy atom. The average Bonchev–Trinajstić information content (AvgIpc) is 2.30. The topological polar surface area (TPSA) is 55.3 Å². The molecule has 0 radical (unpaired) electrons. The Labute approximate surface area is 81.5 Å². The van der Waals surface area contributed by atoms with Crippen LogP contribution < -0.4 is 11.5 Å². The average molecular weight is 185 g/mol. The van der Waals surface area contributed by atoms with Gasteiger partial charge in [-0.3, -0.25) is 0 Å². The Bertz CT molecular complexity index is 173. The summed E-state index contributed by atoms with van der Waals surface area (Å²) in [5.74, 6) is 0. The maximum Gasteiger partial charge on any atom is 0.0226 e. The van der Waals surface area contributed by atoms with E-state index in [9.17, 15) is 0 Å². The molecule has 1 aliphatic heterocycles. The van der Waals surface area contributed by atoms with Crippen molar-refractivity contribution in [3.05, 3.63) is 0 Å². The molecule has 1 rings (SSSR count). The molecule has 1 fully saturated rings. The second-order valence-corrected chi connectivity index (χ2v) is 5.46. The van der Waals surface area contributed by atoms with Crippen LogP contribution >= 0.6 is 0 Å². The number of hydrogen-bond donors (Lipinski definition) is 2. The van der Waals surface area contributed by atoms with E-state index in [1.807, 2.05) is 0 Å². The van der Waals surface area contributed by atoms with Crippen LogP contribution in [0, 0.1) is 5.41 Å². The highest BCUT2D eigenvalue weighted by molar-refractivity contribution is 4.90. The Balaban J connectivity index is 2.42. The summed E-state index contributed by atoms with van der Waals surface area (Å²) in [5.41, 5.74) is 11.9. The van der Waals surface area contributed by atoms with Gasteiger partial charge in [-0.25, -0.2) is 0 Å². The Morgan fingerprint density at radius 1 is 1.46 bits per heavy atom. The van der Waals surface area contributed by atoms with Crippen molar-refractivity contribution in [2.75, 3.05) is 26.2 Å². The zero-order valence-corrected chi connectivity index (χ0v) is 9.14. The molecule has 0 saturated carbocycles. The quantitative estimate of drug-likeness (QED) is 0.669. The molecule has 0 bridgehead atoms. The SMILES string of the molecule is CC(C)(N)CN1CCC(C)(CN)C1. The number of rotatable bonds is 3. The molecule has 0 aromatic carbocycles. The van der Waals surface area contributed by atoms with Gasteiger partial charge in [0.15, 0.2) is 0 Å². The van der Waals surface area contributed by atoms with Crippen LogP contribution in [0.4, 0.5) is 0 Å². The summed E-state index contributed by atoms with van der Waals surface area (Å²) in [6.45, 7) is 10.4. The summed E-state index contributed by atoms with van der Waals surface area (Å²) in [5, 5.41) is 0. The van der Waals surface area contributed by atoms with Gasteiger partial charge in [-0.15, -0.1) is 0 Å². The zero-order valence-electron chi connectivity index (χ0n) is 9.14. The van der Waals surface area contributed by atoms with Crippen LogP contribution in [-0.2, 0) is 0 Å². The van der Waals surface area contributed by atoms with E-state index < -0.39 is 0 Å². The third-order valence-corrected chi connectivity index (χ3v) is 2.76. The minimum Gasteiger partial charge on any atom is -0.330 e. The molecule has 0 aromatic rings. The number of nitrogens with zero attached hydrogens (tertiary/aromatic N) is 1. The predicted molar refractivity (Wildman–Crippen MR) is 56.5 cm³/mol. The molecular weight excluding hydrogens is 162 g/mol. The van der Waals surface area contributed by atoms with Gasteiger partial charge in [0.1, 0.15) is 0 Å². The largest absolute Gasteiger partial charge is 0.330 e. The van der Waals surface area contributed by atoms with Crippen LogP contribution in [0.15, 0.2) is 0 Å². The van der Waals surface area contributed by atoms with Crippen molar-refractivity contribution in [3.8, 4) is 0 Å². The molecule has 3 nitrogen and oxygen atoms in total. The molecule has 0 amide bonds. The summed E-state index contributed by atoms with van der Waals surface area (Å²) >= 11 is 0.